The van der Waals surface area contributed by atoms with Crippen LogP contribution >= 0.6 is 11.3 Å². The second-order valence-electron chi connectivity index (χ2n) is 9.27. The molecular formula is C34H20OS. The standard InChI is InChI=1S/C34H20OS/c1-2-10-21(11-3-1)31-23-13-4-6-15-25(23)32(26-16-7-5-14-24(26)31)28-20-29-22-12-8-9-17-30(22)35-33(29)34-27(28)18-19-36-34/h1-20H. The molecule has 0 fully saturated rings. The predicted molar refractivity (Wildman–Crippen MR) is 155 cm³/mol. The van der Waals surface area contributed by atoms with Gasteiger partial charge in [0.2, 0.25) is 0 Å². The lowest BCUT2D eigenvalue weighted by Crippen LogP contribution is -1.91. The van der Waals surface area contributed by atoms with Crippen molar-refractivity contribution in [1.82, 2.24) is 0 Å². The first-order chi connectivity index (χ1) is 17.9. The van der Waals surface area contributed by atoms with Crippen molar-refractivity contribution in [2.45, 2.75) is 0 Å². The minimum absolute atomic E-state index is 0.938. The Morgan fingerprint density at radius 2 is 1.06 bits per heavy atom. The number of hydrogen-bond donors (Lipinski definition) is 0. The molecule has 0 aliphatic rings. The molecule has 0 aliphatic carbocycles. The van der Waals surface area contributed by atoms with E-state index in [1.807, 2.05) is 6.07 Å². The van der Waals surface area contributed by atoms with E-state index in [1.165, 1.54) is 64.7 Å². The average Bonchev–Trinajstić information content (AvgIpc) is 3.57. The Morgan fingerprint density at radius 3 is 1.75 bits per heavy atom. The van der Waals surface area contributed by atoms with E-state index < -0.39 is 0 Å². The molecule has 0 atom stereocenters. The fraction of sp³-hybridized carbons (Fsp3) is 0. The molecule has 36 heavy (non-hydrogen) atoms. The van der Waals surface area contributed by atoms with Crippen LogP contribution in [0.4, 0.5) is 0 Å². The maximum absolute atomic E-state index is 6.38. The van der Waals surface area contributed by atoms with Crippen molar-refractivity contribution >= 4 is 64.9 Å². The van der Waals surface area contributed by atoms with E-state index in [-0.39, 0.29) is 0 Å². The number of thiophene rings is 1. The second kappa shape index (κ2) is 7.55. The third-order valence-electron chi connectivity index (χ3n) is 7.35. The van der Waals surface area contributed by atoms with Gasteiger partial charge in [-0.05, 0) is 67.4 Å². The number of rotatable bonds is 2. The fourth-order valence-corrected chi connectivity index (χ4v) is 6.74. The third kappa shape index (κ3) is 2.71. The Hall–Kier alpha value is -4.40. The van der Waals surface area contributed by atoms with Gasteiger partial charge in [-0.15, -0.1) is 11.3 Å². The predicted octanol–water partition coefficient (Wildman–Crippen LogP) is 10.4. The van der Waals surface area contributed by atoms with Gasteiger partial charge in [-0.25, -0.2) is 0 Å². The van der Waals surface area contributed by atoms with Gasteiger partial charge in [-0.1, -0.05) is 97.1 Å². The number of hydrogen-bond acceptors (Lipinski definition) is 2. The van der Waals surface area contributed by atoms with Crippen LogP contribution < -0.4 is 0 Å². The molecule has 2 heterocycles. The van der Waals surface area contributed by atoms with Gasteiger partial charge in [-0.2, -0.15) is 0 Å². The Morgan fingerprint density at radius 1 is 0.472 bits per heavy atom. The molecule has 0 bridgehead atoms. The van der Waals surface area contributed by atoms with Crippen LogP contribution in [0.5, 0.6) is 0 Å². The molecule has 0 radical (unpaired) electrons. The largest absolute Gasteiger partial charge is 0.455 e. The summed E-state index contributed by atoms with van der Waals surface area (Å²) in [6.07, 6.45) is 0. The minimum Gasteiger partial charge on any atom is -0.455 e. The first kappa shape index (κ1) is 19.9. The van der Waals surface area contributed by atoms with Crippen molar-refractivity contribution in [3.63, 3.8) is 0 Å². The highest BCUT2D eigenvalue weighted by atomic mass is 32.1. The van der Waals surface area contributed by atoms with E-state index in [9.17, 15) is 0 Å². The molecule has 8 aromatic rings. The fourth-order valence-electron chi connectivity index (χ4n) is 5.84. The highest BCUT2D eigenvalue weighted by molar-refractivity contribution is 7.18. The maximum Gasteiger partial charge on any atom is 0.153 e. The molecule has 0 saturated heterocycles. The summed E-state index contributed by atoms with van der Waals surface area (Å²) in [5.41, 5.74) is 7.01. The summed E-state index contributed by atoms with van der Waals surface area (Å²) in [5, 5.41) is 10.9. The van der Waals surface area contributed by atoms with E-state index >= 15 is 0 Å². The van der Waals surface area contributed by atoms with Crippen molar-refractivity contribution in [1.29, 1.82) is 0 Å². The lowest BCUT2D eigenvalue weighted by Gasteiger charge is -2.18. The molecule has 0 N–H and O–H groups in total. The Balaban J connectivity index is 1.60. The normalized spacial score (nSPS) is 11.9. The zero-order chi connectivity index (χ0) is 23.6. The van der Waals surface area contributed by atoms with Gasteiger partial charge >= 0.3 is 0 Å². The van der Waals surface area contributed by atoms with Gasteiger partial charge in [0.1, 0.15) is 5.58 Å². The zero-order valence-electron chi connectivity index (χ0n) is 19.4. The highest BCUT2D eigenvalue weighted by Gasteiger charge is 2.21. The Labute approximate surface area is 211 Å². The molecule has 8 rings (SSSR count). The Kier molecular flexibility index (Phi) is 4.16. The summed E-state index contributed by atoms with van der Waals surface area (Å²) < 4.78 is 7.58. The lowest BCUT2D eigenvalue weighted by molar-refractivity contribution is 0.673. The van der Waals surface area contributed by atoms with Crippen molar-refractivity contribution < 1.29 is 4.42 Å². The van der Waals surface area contributed by atoms with Gasteiger partial charge in [0.15, 0.2) is 5.58 Å². The molecule has 6 aromatic carbocycles. The van der Waals surface area contributed by atoms with Crippen LogP contribution in [0.15, 0.2) is 125 Å². The minimum atomic E-state index is 0.938. The summed E-state index contributed by atoms with van der Waals surface area (Å²) in [6.45, 7) is 0. The van der Waals surface area contributed by atoms with Crippen LogP contribution in [0.1, 0.15) is 0 Å². The van der Waals surface area contributed by atoms with E-state index in [0.717, 1.165) is 11.2 Å². The molecule has 2 aromatic heterocycles. The van der Waals surface area contributed by atoms with Crippen LogP contribution in [0.2, 0.25) is 0 Å². The topological polar surface area (TPSA) is 13.1 Å². The van der Waals surface area contributed by atoms with Gasteiger partial charge in [0, 0.05) is 16.2 Å². The van der Waals surface area contributed by atoms with Crippen LogP contribution in [-0.2, 0) is 0 Å². The first-order valence-electron chi connectivity index (χ1n) is 12.2. The van der Waals surface area contributed by atoms with Crippen molar-refractivity contribution in [3.8, 4) is 22.3 Å². The molecule has 0 unspecified atom stereocenters. The number of benzene rings is 6. The molecule has 168 valence electrons. The van der Waals surface area contributed by atoms with Crippen molar-refractivity contribution in [2.24, 2.45) is 0 Å². The molecule has 2 heteroatoms. The maximum atomic E-state index is 6.38. The molecule has 0 spiro atoms. The van der Waals surface area contributed by atoms with E-state index in [4.69, 9.17) is 4.42 Å². The molecular weight excluding hydrogens is 456 g/mol. The van der Waals surface area contributed by atoms with Crippen molar-refractivity contribution in [2.75, 3.05) is 0 Å². The zero-order valence-corrected chi connectivity index (χ0v) is 20.2. The monoisotopic (exact) mass is 476 g/mol. The smallest absolute Gasteiger partial charge is 0.153 e. The Bertz CT molecular complexity index is 2040. The summed E-state index contributed by atoms with van der Waals surface area (Å²) in [6, 6.07) is 41.4. The van der Waals surface area contributed by atoms with E-state index in [2.05, 4.69) is 115 Å². The van der Waals surface area contributed by atoms with Crippen molar-refractivity contribution in [3.05, 3.63) is 121 Å². The molecule has 0 saturated carbocycles. The molecule has 0 amide bonds. The van der Waals surface area contributed by atoms with Gasteiger partial charge < -0.3 is 4.42 Å². The van der Waals surface area contributed by atoms with E-state index in [1.54, 1.807) is 11.3 Å². The molecule has 0 aliphatic heterocycles. The van der Waals surface area contributed by atoms with Crippen LogP contribution in [0, 0.1) is 0 Å². The SMILES string of the molecule is c1ccc(-c2c3ccccc3c(-c3cc4c5ccccc5oc4c4sccc34)c3ccccc23)cc1. The average molecular weight is 477 g/mol. The van der Waals surface area contributed by atoms with Crippen LogP contribution in [0.3, 0.4) is 0 Å². The number of fused-ring (bicyclic) bond motifs is 7. The van der Waals surface area contributed by atoms with Crippen LogP contribution in [0.25, 0.3) is 75.8 Å². The second-order valence-corrected chi connectivity index (χ2v) is 10.2. The highest BCUT2D eigenvalue weighted by Crippen LogP contribution is 2.48. The van der Waals surface area contributed by atoms with Gasteiger partial charge in [0.25, 0.3) is 0 Å². The number of para-hydroxylation sites is 1. The summed E-state index contributed by atoms with van der Waals surface area (Å²) in [4.78, 5) is 0. The van der Waals surface area contributed by atoms with E-state index in [0.29, 0.717) is 0 Å². The summed E-state index contributed by atoms with van der Waals surface area (Å²) in [5.74, 6) is 0. The first-order valence-corrected chi connectivity index (χ1v) is 13.1. The summed E-state index contributed by atoms with van der Waals surface area (Å²) >= 11 is 1.76. The quantitative estimate of drug-likeness (QED) is 0.226. The molecule has 1 nitrogen and oxygen atoms in total. The third-order valence-corrected chi connectivity index (χ3v) is 8.26. The van der Waals surface area contributed by atoms with Gasteiger partial charge in [-0.3, -0.25) is 0 Å². The van der Waals surface area contributed by atoms with Crippen LogP contribution in [-0.4, -0.2) is 0 Å². The number of furan rings is 1. The lowest BCUT2D eigenvalue weighted by atomic mass is 9.85. The summed E-state index contributed by atoms with van der Waals surface area (Å²) in [7, 11) is 0. The van der Waals surface area contributed by atoms with Gasteiger partial charge in [0.05, 0.1) is 4.70 Å².